The Kier molecular flexibility index (Phi) is 3.40. The highest BCUT2D eigenvalue weighted by atomic mass is 32.2. The van der Waals surface area contributed by atoms with Gasteiger partial charge in [0.15, 0.2) is 0 Å². The van der Waals surface area contributed by atoms with Crippen LogP contribution in [-0.4, -0.2) is 9.97 Å². The van der Waals surface area contributed by atoms with Gasteiger partial charge in [0.25, 0.3) is 0 Å². The Morgan fingerprint density at radius 3 is 2.89 bits per heavy atom. The average Bonchev–Trinajstić information content (AvgIpc) is 2.85. The molecule has 1 aromatic carbocycles. The molecule has 0 aliphatic heterocycles. The van der Waals surface area contributed by atoms with Gasteiger partial charge in [0.2, 0.25) is 5.95 Å². The van der Waals surface area contributed by atoms with Gasteiger partial charge in [0.05, 0.1) is 0 Å². The molecule has 2 aromatic heterocycles. The smallest absolute Gasteiger partial charge is 0.222 e. The van der Waals surface area contributed by atoms with Crippen molar-refractivity contribution in [1.29, 1.82) is 0 Å². The fraction of sp³-hybridized carbons (Fsp3) is 0.143. The molecule has 0 aliphatic rings. The second-order valence-corrected chi connectivity index (χ2v) is 6.10. The molecule has 0 aliphatic carbocycles. The summed E-state index contributed by atoms with van der Waals surface area (Å²) in [5.74, 6) is 1.25. The van der Waals surface area contributed by atoms with Crippen LogP contribution >= 0.6 is 23.1 Å². The number of aryl methyl sites for hydroxylation is 1. The zero-order chi connectivity index (χ0) is 13.2. The summed E-state index contributed by atoms with van der Waals surface area (Å²) in [6.45, 7) is 2.13. The molecule has 0 bridgehead atoms. The van der Waals surface area contributed by atoms with Gasteiger partial charge in [-0.25, -0.2) is 9.97 Å². The molecule has 0 radical (unpaired) electrons. The van der Waals surface area contributed by atoms with Crippen LogP contribution in [0.15, 0.2) is 40.7 Å². The van der Waals surface area contributed by atoms with Crippen molar-refractivity contribution in [3.63, 3.8) is 0 Å². The third-order valence-corrected chi connectivity index (χ3v) is 4.78. The summed E-state index contributed by atoms with van der Waals surface area (Å²) >= 11 is 3.31. The number of nitrogens with two attached hydrogens (primary N) is 1. The lowest BCUT2D eigenvalue weighted by molar-refractivity contribution is 1.12. The lowest BCUT2D eigenvalue weighted by Gasteiger charge is -2.06. The summed E-state index contributed by atoms with van der Waals surface area (Å²) in [5.41, 5.74) is 8.39. The monoisotopic (exact) mass is 287 g/mol. The zero-order valence-corrected chi connectivity index (χ0v) is 12.1. The Hall–Kier alpha value is -1.59. The van der Waals surface area contributed by atoms with Gasteiger partial charge in [-0.15, -0.1) is 23.1 Å². The SMILES string of the molecule is Cc1ccccc1CSc1nc(N)nc2sccc12. The van der Waals surface area contributed by atoms with Gasteiger partial charge < -0.3 is 5.73 Å². The van der Waals surface area contributed by atoms with E-state index in [0.29, 0.717) is 5.95 Å². The summed E-state index contributed by atoms with van der Waals surface area (Å²) < 4.78 is 0. The van der Waals surface area contributed by atoms with Gasteiger partial charge in [-0.1, -0.05) is 24.3 Å². The first kappa shape index (κ1) is 12.4. The summed E-state index contributed by atoms with van der Waals surface area (Å²) in [6, 6.07) is 10.5. The molecule has 2 N–H and O–H groups in total. The third kappa shape index (κ3) is 2.57. The highest BCUT2D eigenvalue weighted by Crippen LogP contribution is 2.31. The second-order valence-electron chi connectivity index (χ2n) is 4.24. The number of thiophene rings is 1. The Labute approximate surface area is 119 Å². The van der Waals surface area contributed by atoms with E-state index in [1.165, 1.54) is 11.1 Å². The highest BCUT2D eigenvalue weighted by molar-refractivity contribution is 7.98. The van der Waals surface area contributed by atoms with Gasteiger partial charge >= 0.3 is 0 Å². The van der Waals surface area contributed by atoms with Crippen LogP contribution in [0, 0.1) is 6.92 Å². The van der Waals surface area contributed by atoms with Crippen LogP contribution in [0.3, 0.4) is 0 Å². The number of rotatable bonds is 3. The average molecular weight is 287 g/mol. The van der Waals surface area contributed by atoms with Crippen molar-refractivity contribution < 1.29 is 0 Å². The standard InChI is InChI=1S/C14H13N3S2/c1-9-4-2-3-5-10(9)8-19-13-11-6-7-18-12(11)16-14(15)17-13/h2-7H,8H2,1H3,(H2,15,16,17). The molecular formula is C14H13N3S2. The molecule has 0 unspecified atom stereocenters. The first-order chi connectivity index (χ1) is 9.24. The van der Waals surface area contributed by atoms with E-state index < -0.39 is 0 Å². The minimum Gasteiger partial charge on any atom is -0.368 e. The van der Waals surface area contributed by atoms with Crippen LogP contribution in [0.5, 0.6) is 0 Å². The summed E-state index contributed by atoms with van der Waals surface area (Å²) in [4.78, 5) is 9.55. The van der Waals surface area contributed by atoms with Crippen molar-refractivity contribution in [3.8, 4) is 0 Å². The van der Waals surface area contributed by atoms with Gasteiger partial charge in [-0.05, 0) is 29.5 Å². The molecule has 2 heterocycles. The Balaban J connectivity index is 1.90. The Morgan fingerprint density at radius 2 is 2.05 bits per heavy atom. The minimum atomic E-state index is 0.349. The molecule has 0 amide bonds. The quantitative estimate of drug-likeness (QED) is 0.587. The van der Waals surface area contributed by atoms with Crippen molar-refractivity contribution in [2.45, 2.75) is 17.7 Å². The number of benzene rings is 1. The second kappa shape index (κ2) is 5.19. The number of fused-ring (bicyclic) bond motifs is 1. The van der Waals surface area contributed by atoms with Gasteiger partial charge in [0, 0.05) is 11.1 Å². The van der Waals surface area contributed by atoms with Crippen LogP contribution in [0.4, 0.5) is 5.95 Å². The van der Waals surface area contributed by atoms with Crippen molar-refractivity contribution in [1.82, 2.24) is 9.97 Å². The number of hydrogen-bond acceptors (Lipinski definition) is 5. The summed E-state index contributed by atoms with van der Waals surface area (Å²) in [6.07, 6.45) is 0. The first-order valence-corrected chi connectivity index (χ1v) is 7.78. The Bertz CT molecular complexity index is 722. The zero-order valence-electron chi connectivity index (χ0n) is 10.5. The maximum atomic E-state index is 5.75. The third-order valence-electron chi connectivity index (χ3n) is 2.93. The van der Waals surface area contributed by atoms with E-state index in [9.17, 15) is 0 Å². The number of hydrogen-bond donors (Lipinski definition) is 1. The lowest BCUT2D eigenvalue weighted by atomic mass is 10.1. The predicted octanol–water partition coefficient (Wildman–Crippen LogP) is 3.87. The maximum absolute atomic E-state index is 5.75. The van der Waals surface area contributed by atoms with Crippen LogP contribution < -0.4 is 5.73 Å². The molecule has 3 aromatic rings. The predicted molar refractivity (Wildman–Crippen MR) is 82.6 cm³/mol. The molecule has 5 heteroatoms. The molecule has 0 atom stereocenters. The van der Waals surface area contributed by atoms with Crippen molar-refractivity contribution in [3.05, 3.63) is 46.8 Å². The molecule has 3 rings (SSSR count). The number of anilines is 1. The Morgan fingerprint density at radius 1 is 1.21 bits per heavy atom. The van der Waals surface area contributed by atoms with E-state index in [0.717, 1.165) is 21.0 Å². The molecule has 0 saturated heterocycles. The number of thioether (sulfide) groups is 1. The van der Waals surface area contributed by atoms with E-state index in [1.807, 2.05) is 5.38 Å². The van der Waals surface area contributed by atoms with E-state index >= 15 is 0 Å². The number of nitrogens with zero attached hydrogens (tertiary/aromatic N) is 2. The highest BCUT2D eigenvalue weighted by Gasteiger charge is 2.08. The fourth-order valence-corrected chi connectivity index (χ4v) is 3.80. The molecule has 0 spiro atoms. The van der Waals surface area contributed by atoms with E-state index in [2.05, 4.69) is 47.2 Å². The van der Waals surface area contributed by atoms with Crippen molar-refractivity contribution in [2.75, 3.05) is 5.73 Å². The fourth-order valence-electron chi connectivity index (χ4n) is 1.87. The summed E-state index contributed by atoms with van der Waals surface area (Å²) in [5, 5.41) is 4.08. The first-order valence-electron chi connectivity index (χ1n) is 5.92. The van der Waals surface area contributed by atoms with E-state index in [-0.39, 0.29) is 0 Å². The molecule has 0 fully saturated rings. The minimum absolute atomic E-state index is 0.349. The van der Waals surface area contributed by atoms with Gasteiger partial charge in [0.1, 0.15) is 9.86 Å². The van der Waals surface area contributed by atoms with Crippen molar-refractivity contribution in [2.24, 2.45) is 0 Å². The van der Waals surface area contributed by atoms with Gasteiger partial charge in [-0.2, -0.15) is 0 Å². The molecular weight excluding hydrogens is 274 g/mol. The molecule has 3 nitrogen and oxygen atoms in total. The largest absolute Gasteiger partial charge is 0.368 e. The van der Waals surface area contributed by atoms with Crippen LogP contribution in [0.2, 0.25) is 0 Å². The van der Waals surface area contributed by atoms with E-state index in [4.69, 9.17) is 5.73 Å². The van der Waals surface area contributed by atoms with Gasteiger partial charge in [-0.3, -0.25) is 0 Å². The molecule has 0 saturated carbocycles. The lowest BCUT2D eigenvalue weighted by Crippen LogP contribution is -1.96. The molecule has 19 heavy (non-hydrogen) atoms. The topological polar surface area (TPSA) is 51.8 Å². The van der Waals surface area contributed by atoms with Crippen LogP contribution in [0.25, 0.3) is 10.2 Å². The van der Waals surface area contributed by atoms with Crippen LogP contribution in [-0.2, 0) is 5.75 Å². The maximum Gasteiger partial charge on any atom is 0.222 e. The van der Waals surface area contributed by atoms with Crippen molar-refractivity contribution >= 4 is 39.3 Å². The molecule has 96 valence electrons. The number of nitrogen functional groups attached to an aromatic ring is 1. The number of aromatic nitrogens is 2. The van der Waals surface area contributed by atoms with E-state index in [1.54, 1.807) is 23.1 Å². The summed E-state index contributed by atoms with van der Waals surface area (Å²) in [7, 11) is 0. The normalized spacial score (nSPS) is 11.0. The van der Waals surface area contributed by atoms with Crippen LogP contribution in [0.1, 0.15) is 11.1 Å².